The maximum atomic E-state index is 12.3. The quantitative estimate of drug-likeness (QED) is 0.743. The van der Waals surface area contributed by atoms with Crippen molar-refractivity contribution in [3.8, 4) is 0 Å². The Morgan fingerprint density at radius 3 is 2.74 bits per heavy atom. The van der Waals surface area contributed by atoms with Crippen LogP contribution in [0.4, 0.5) is 0 Å². The van der Waals surface area contributed by atoms with Crippen molar-refractivity contribution in [2.45, 2.75) is 18.9 Å². The highest BCUT2D eigenvalue weighted by Crippen LogP contribution is 2.26. The number of carbonyl (C=O) groups is 1. The SMILES string of the molecule is CN1CCN(CCN2CC3NCCCC3C2=O)CC1. The minimum absolute atomic E-state index is 0.265. The van der Waals surface area contributed by atoms with Crippen molar-refractivity contribution in [2.24, 2.45) is 5.92 Å². The molecule has 0 spiro atoms. The second-order valence-electron chi connectivity index (χ2n) is 6.24. The van der Waals surface area contributed by atoms with Gasteiger partial charge in [-0.05, 0) is 26.4 Å². The van der Waals surface area contributed by atoms with Crippen molar-refractivity contribution in [3.63, 3.8) is 0 Å². The number of likely N-dealkylation sites (N-methyl/N-ethyl adjacent to an activating group) is 1. The molecule has 3 aliphatic rings. The highest BCUT2D eigenvalue weighted by molar-refractivity contribution is 5.82. The van der Waals surface area contributed by atoms with Crippen molar-refractivity contribution in [1.29, 1.82) is 0 Å². The average molecular weight is 266 g/mol. The summed E-state index contributed by atoms with van der Waals surface area (Å²) in [6.07, 6.45) is 2.24. The molecule has 3 heterocycles. The summed E-state index contributed by atoms with van der Waals surface area (Å²) in [5.74, 6) is 0.660. The van der Waals surface area contributed by atoms with E-state index in [0.717, 1.165) is 65.2 Å². The second kappa shape index (κ2) is 5.77. The van der Waals surface area contributed by atoms with Crippen molar-refractivity contribution in [1.82, 2.24) is 20.0 Å². The van der Waals surface area contributed by atoms with Crippen molar-refractivity contribution >= 4 is 5.91 Å². The van der Waals surface area contributed by atoms with Crippen LogP contribution < -0.4 is 5.32 Å². The summed E-state index contributed by atoms with van der Waals surface area (Å²) in [7, 11) is 2.18. The predicted octanol–water partition coefficient (Wildman–Crippen LogP) is -0.556. The van der Waals surface area contributed by atoms with Gasteiger partial charge in [-0.25, -0.2) is 0 Å². The molecule has 2 atom stereocenters. The summed E-state index contributed by atoms with van der Waals surface area (Å²) in [6, 6.07) is 0.425. The van der Waals surface area contributed by atoms with Gasteiger partial charge >= 0.3 is 0 Å². The number of rotatable bonds is 3. The monoisotopic (exact) mass is 266 g/mol. The molecule has 3 saturated heterocycles. The van der Waals surface area contributed by atoms with E-state index in [0.29, 0.717) is 11.9 Å². The summed E-state index contributed by atoms with van der Waals surface area (Å²) in [4.78, 5) is 19.3. The largest absolute Gasteiger partial charge is 0.340 e. The molecule has 0 saturated carbocycles. The number of piperazine rings is 1. The smallest absolute Gasteiger partial charge is 0.227 e. The number of fused-ring (bicyclic) bond motifs is 1. The number of nitrogens with zero attached hydrogens (tertiary/aromatic N) is 3. The fourth-order valence-electron chi connectivity index (χ4n) is 3.54. The molecule has 0 aromatic carbocycles. The van der Waals surface area contributed by atoms with Crippen LogP contribution in [0, 0.1) is 5.92 Å². The summed E-state index contributed by atoms with van der Waals surface area (Å²) >= 11 is 0. The second-order valence-corrected chi connectivity index (χ2v) is 6.24. The molecule has 3 aliphatic heterocycles. The molecule has 3 fully saturated rings. The minimum Gasteiger partial charge on any atom is -0.340 e. The summed E-state index contributed by atoms with van der Waals surface area (Å²) in [6.45, 7) is 8.56. The Balaban J connectivity index is 1.46. The highest BCUT2D eigenvalue weighted by atomic mass is 16.2. The van der Waals surface area contributed by atoms with Gasteiger partial charge in [-0.2, -0.15) is 0 Å². The first-order chi connectivity index (χ1) is 9.24. The summed E-state index contributed by atoms with van der Waals surface area (Å²) in [5, 5.41) is 3.50. The van der Waals surface area contributed by atoms with Crippen LogP contribution >= 0.6 is 0 Å². The van der Waals surface area contributed by atoms with Gasteiger partial charge < -0.3 is 15.1 Å². The molecule has 1 amide bonds. The van der Waals surface area contributed by atoms with E-state index in [1.165, 1.54) is 0 Å². The Morgan fingerprint density at radius 2 is 2.00 bits per heavy atom. The van der Waals surface area contributed by atoms with Gasteiger partial charge in [-0.15, -0.1) is 0 Å². The first-order valence-corrected chi connectivity index (χ1v) is 7.67. The molecule has 5 nitrogen and oxygen atoms in total. The fraction of sp³-hybridized carbons (Fsp3) is 0.929. The zero-order valence-electron chi connectivity index (χ0n) is 12.0. The Morgan fingerprint density at radius 1 is 1.21 bits per heavy atom. The highest BCUT2D eigenvalue weighted by Gasteiger charge is 2.41. The number of hydrogen-bond donors (Lipinski definition) is 1. The number of piperidine rings is 1. The first-order valence-electron chi connectivity index (χ1n) is 7.67. The molecule has 0 aromatic heterocycles. The fourth-order valence-corrected chi connectivity index (χ4v) is 3.54. The van der Waals surface area contributed by atoms with Gasteiger partial charge in [0.25, 0.3) is 0 Å². The van der Waals surface area contributed by atoms with Crippen molar-refractivity contribution in [2.75, 3.05) is 59.4 Å². The number of carbonyl (C=O) groups excluding carboxylic acids is 1. The van der Waals surface area contributed by atoms with Gasteiger partial charge in [0.2, 0.25) is 5.91 Å². The Hall–Kier alpha value is -0.650. The van der Waals surface area contributed by atoms with Gasteiger partial charge in [-0.3, -0.25) is 9.69 Å². The van der Waals surface area contributed by atoms with E-state index in [1.807, 2.05) is 0 Å². The molecule has 108 valence electrons. The summed E-state index contributed by atoms with van der Waals surface area (Å²) < 4.78 is 0. The lowest BCUT2D eigenvalue weighted by Crippen LogP contribution is -2.47. The molecule has 5 heteroatoms. The lowest BCUT2D eigenvalue weighted by molar-refractivity contribution is -0.131. The summed E-state index contributed by atoms with van der Waals surface area (Å²) in [5.41, 5.74) is 0. The number of hydrogen-bond acceptors (Lipinski definition) is 4. The minimum atomic E-state index is 0.265. The van der Waals surface area contributed by atoms with Gasteiger partial charge in [0.1, 0.15) is 0 Å². The van der Waals surface area contributed by atoms with Gasteiger partial charge in [-0.1, -0.05) is 0 Å². The Kier molecular flexibility index (Phi) is 4.05. The zero-order valence-corrected chi connectivity index (χ0v) is 12.0. The normalized spacial score (nSPS) is 33.7. The van der Waals surface area contributed by atoms with Crippen LogP contribution in [0.1, 0.15) is 12.8 Å². The third-order valence-electron chi connectivity index (χ3n) is 4.91. The van der Waals surface area contributed by atoms with Gasteiger partial charge in [0.15, 0.2) is 0 Å². The van der Waals surface area contributed by atoms with Gasteiger partial charge in [0.05, 0.1) is 5.92 Å². The van der Waals surface area contributed by atoms with Crippen LogP contribution in [0.25, 0.3) is 0 Å². The molecule has 0 aromatic rings. The van der Waals surface area contributed by atoms with Crippen LogP contribution in [0.3, 0.4) is 0 Å². The Labute approximate surface area is 115 Å². The number of likely N-dealkylation sites (tertiary alicyclic amines) is 1. The molecule has 3 rings (SSSR count). The Bertz CT molecular complexity index is 327. The molecule has 19 heavy (non-hydrogen) atoms. The lowest BCUT2D eigenvalue weighted by Gasteiger charge is -2.33. The maximum Gasteiger partial charge on any atom is 0.227 e. The van der Waals surface area contributed by atoms with E-state index in [4.69, 9.17) is 0 Å². The molecule has 0 bridgehead atoms. The van der Waals surface area contributed by atoms with E-state index in [2.05, 4.69) is 27.1 Å². The van der Waals surface area contributed by atoms with E-state index in [-0.39, 0.29) is 5.92 Å². The predicted molar refractivity (Wildman–Crippen MR) is 75.0 cm³/mol. The third kappa shape index (κ3) is 2.93. The third-order valence-corrected chi connectivity index (χ3v) is 4.91. The lowest BCUT2D eigenvalue weighted by atomic mass is 9.94. The number of amides is 1. The van der Waals surface area contributed by atoms with E-state index < -0.39 is 0 Å². The molecule has 0 radical (unpaired) electrons. The number of nitrogens with one attached hydrogen (secondary N) is 1. The first kappa shape index (κ1) is 13.3. The van der Waals surface area contributed by atoms with Crippen LogP contribution in [-0.2, 0) is 4.79 Å². The topological polar surface area (TPSA) is 38.8 Å². The van der Waals surface area contributed by atoms with Crippen molar-refractivity contribution < 1.29 is 4.79 Å². The molecular formula is C14H26N4O. The van der Waals surface area contributed by atoms with Crippen LogP contribution in [-0.4, -0.2) is 86.1 Å². The zero-order chi connectivity index (χ0) is 13.2. The average Bonchev–Trinajstić information content (AvgIpc) is 2.76. The van der Waals surface area contributed by atoms with Crippen LogP contribution in [0.15, 0.2) is 0 Å². The van der Waals surface area contributed by atoms with Crippen LogP contribution in [0.5, 0.6) is 0 Å². The molecule has 1 N–H and O–H groups in total. The van der Waals surface area contributed by atoms with Crippen molar-refractivity contribution in [3.05, 3.63) is 0 Å². The molecule has 2 unspecified atom stereocenters. The van der Waals surface area contributed by atoms with Crippen LogP contribution in [0.2, 0.25) is 0 Å². The van der Waals surface area contributed by atoms with E-state index in [1.54, 1.807) is 0 Å². The molecule has 0 aliphatic carbocycles. The van der Waals surface area contributed by atoms with E-state index >= 15 is 0 Å². The molecular weight excluding hydrogens is 240 g/mol. The standard InChI is InChI=1S/C14H26N4O/c1-16-5-7-17(8-6-16)9-10-18-11-13-12(14(18)19)3-2-4-15-13/h12-13,15H,2-11H2,1H3. The van der Waals surface area contributed by atoms with E-state index in [9.17, 15) is 4.79 Å². The maximum absolute atomic E-state index is 12.3. The van der Waals surface area contributed by atoms with Gasteiger partial charge in [0, 0.05) is 51.9 Å².